The van der Waals surface area contributed by atoms with E-state index < -0.39 is 5.92 Å². The average Bonchev–Trinajstić information content (AvgIpc) is 2.95. The van der Waals surface area contributed by atoms with Crippen LogP contribution in [0.15, 0.2) is 53.6 Å². The minimum atomic E-state index is -0.921. The number of hydrazone groups is 1. The maximum absolute atomic E-state index is 13.0. The summed E-state index contributed by atoms with van der Waals surface area (Å²) in [6.07, 6.45) is 0.0525. The van der Waals surface area contributed by atoms with Gasteiger partial charge < -0.3 is 0 Å². The van der Waals surface area contributed by atoms with Crippen molar-refractivity contribution in [2.45, 2.75) is 20.3 Å². The molecule has 0 unspecified atom stereocenters. The first-order valence-corrected chi connectivity index (χ1v) is 8.69. The van der Waals surface area contributed by atoms with Crippen molar-refractivity contribution in [1.29, 1.82) is 0 Å². The fraction of sp³-hybridized carbons (Fsp3) is 0.250. The van der Waals surface area contributed by atoms with Crippen LogP contribution < -0.4 is 5.01 Å². The number of ketones is 1. The van der Waals surface area contributed by atoms with E-state index in [1.165, 1.54) is 17.1 Å². The topological polar surface area (TPSA) is 49.7 Å². The van der Waals surface area contributed by atoms with Crippen LogP contribution in [0.1, 0.15) is 19.4 Å². The number of rotatable bonds is 5. The number of halogens is 2. The minimum Gasteiger partial charge on any atom is -0.298 e. The van der Waals surface area contributed by atoms with Gasteiger partial charge >= 0.3 is 0 Å². The number of Topliss-reactive ketones (excluding diaryl/α,β-unsaturated/α-hetero) is 1. The Kier molecular flexibility index (Phi) is 5.18. The summed E-state index contributed by atoms with van der Waals surface area (Å²) in [7, 11) is 0. The van der Waals surface area contributed by atoms with Crippen molar-refractivity contribution in [2.75, 3.05) is 5.01 Å². The van der Waals surface area contributed by atoms with Gasteiger partial charge in [0, 0.05) is 11.4 Å². The molecule has 0 saturated heterocycles. The number of carbonyl (C=O) groups is 2. The SMILES string of the molecule is CC(C)C1=NN(c2ccc(Cl)cc2)C(=O)[C@@H]1C(=O)Cc1ccc(F)cc1. The van der Waals surface area contributed by atoms with Gasteiger partial charge in [-0.3, -0.25) is 9.59 Å². The molecule has 0 saturated carbocycles. The maximum atomic E-state index is 13.0. The zero-order valence-electron chi connectivity index (χ0n) is 14.4. The molecule has 6 heteroatoms. The molecule has 1 heterocycles. The van der Waals surface area contributed by atoms with Crippen molar-refractivity contribution < 1.29 is 14.0 Å². The van der Waals surface area contributed by atoms with E-state index in [0.29, 0.717) is 22.0 Å². The summed E-state index contributed by atoms with van der Waals surface area (Å²) in [6.45, 7) is 3.80. The molecule has 1 aliphatic rings. The fourth-order valence-corrected chi connectivity index (χ4v) is 3.02. The van der Waals surface area contributed by atoms with Gasteiger partial charge in [-0.15, -0.1) is 0 Å². The van der Waals surface area contributed by atoms with Crippen LogP contribution in [0.4, 0.5) is 10.1 Å². The molecular weight excluding hydrogens is 355 g/mol. The molecule has 1 aliphatic heterocycles. The average molecular weight is 373 g/mol. The molecule has 0 fully saturated rings. The first-order valence-electron chi connectivity index (χ1n) is 8.32. The van der Waals surface area contributed by atoms with Crippen molar-refractivity contribution in [3.63, 3.8) is 0 Å². The van der Waals surface area contributed by atoms with Crippen LogP contribution in [0.2, 0.25) is 5.02 Å². The first kappa shape index (κ1) is 18.3. The molecule has 3 rings (SSSR count). The highest BCUT2D eigenvalue weighted by Gasteiger charge is 2.42. The van der Waals surface area contributed by atoms with E-state index >= 15 is 0 Å². The van der Waals surface area contributed by atoms with Gasteiger partial charge in [-0.1, -0.05) is 37.6 Å². The summed E-state index contributed by atoms with van der Waals surface area (Å²) in [6, 6.07) is 12.4. The molecule has 0 bridgehead atoms. The normalized spacial score (nSPS) is 17.0. The lowest BCUT2D eigenvalue weighted by molar-refractivity contribution is -0.128. The lowest BCUT2D eigenvalue weighted by Crippen LogP contribution is -2.35. The van der Waals surface area contributed by atoms with Crippen LogP contribution in [-0.2, 0) is 16.0 Å². The highest BCUT2D eigenvalue weighted by atomic mass is 35.5. The molecule has 0 N–H and O–H groups in total. The third-order valence-corrected chi connectivity index (χ3v) is 4.50. The molecule has 4 nitrogen and oxygen atoms in total. The molecule has 0 aromatic heterocycles. The van der Waals surface area contributed by atoms with Crippen LogP contribution in [0.25, 0.3) is 0 Å². The minimum absolute atomic E-state index is 0.0525. The van der Waals surface area contributed by atoms with E-state index in [2.05, 4.69) is 5.10 Å². The summed E-state index contributed by atoms with van der Waals surface area (Å²) in [4.78, 5) is 25.7. The summed E-state index contributed by atoms with van der Waals surface area (Å²) in [5.41, 5.74) is 1.77. The predicted octanol–water partition coefficient (Wildman–Crippen LogP) is 4.27. The Balaban J connectivity index is 1.87. The molecular formula is C20H18ClFN2O2. The molecule has 1 atom stereocenters. The number of hydrogen-bond donors (Lipinski definition) is 0. The van der Waals surface area contributed by atoms with E-state index in [-0.39, 0.29) is 29.8 Å². The summed E-state index contributed by atoms with van der Waals surface area (Å²) in [5.74, 6) is -1.96. The van der Waals surface area contributed by atoms with Crippen molar-refractivity contribution in [3.8, 4) is 0 Å². The lowest BCUT2D eigenvalue weighted by atomic mass is 9.88. The van der Waals surface area contributed by atoms with E-state index in [0.717, 1.165) is 0 Å². The maximum Gasteiger partial charge on any atom is 0.263 e. The molecule has 26 heavy (non-hydrogen) atoms. The number of carbonyl (C=O) groups excluding carboxylic acids is 2. The molecule has 0 aliphatic carbocycles. The van der Waals surface area contributed by atoms with Crippen LogP contribution >= 0.6 is 11.6 Å². The number of anilines is 1. The molecule has 134 valence electrons. The highest BCUT2D eigenvalue weighted by Crippen LogP contribution is 2.29. The molecule has 2 aromatic carbocycles. The number of benzene rings is 2. The number of hydrogen-bond acceptors (Lipinski definition) is 3. The Morgan fingerprint density at radius 3 is 2.35 bits per heavy atom. The number of amides is 1. The highest BCUT2D eigenvalue weighted by molar-refractivity contribution is 6.31. The molecule has 0 spiro atoms. The summed E-state index contributed by atoms with van der Waals surface area (Å²) >= 11 is 5.89. The zero-order valence-corrected chi connectivity index (χ0v) is 15.2. The second-order valence-corrected chi connectivity index (χ2v) is 6.95. The van der Waals surface area contributed by atoms with Gasteiger partial charge in [-0.2, -0.15) is 10.1 Å². The smallest absolute Gasteiger partial charge is 0.263 e. The monoisotopic (exact) mass is 372 g/mol. The van der Waals surface area contributed by atoms with Crippen LogP contribution in [0, 0.1) is 17.7 Å². The van der Waals surface area contributed by atoms with E-state index in [1.807, 2.05) is 13.8 Å². The van der Waals surface area contributed by atoms with Crippen LogP contribution in [0.5, 0.6) is 0 Å². The second kappa shape index (κ2) is 7.38. The van der Waals surface area contributed by atoms with E-state index in [9.17, 15) is 14.0 Å². The third-order valence-electron chi connectivity index (χ3n) is 4.24. The second-order valence-electron chi connectivity index (χ2n) is 6.51. The van der Waals surface area contributed by atoms with Crippen molar-refractivity contribution in [2.24, 2.45) is 16.9 Å². The van der Waals surface area contributed by atoms with Gasteiger partial charge in [-0.25, -0.2) is 4.39 Å². The Morgan fingerprint density at radius 2 is 1.77 bits per heavy atom. The Bertz CT molecular complexity index is 860. The molecule has 2 aromatic rings. The summed E-state index contributed by atoms with van der Waals surface area (Å²) < 4.78 is 13.0. The van der Waals surface area contributed by atoms with Crippen molar-refractivity contribution in [1.82, 2.24) is 0 Å². The standard InChI is InChI=1S/C20H18ClFN2O2/c1-12(2)19-18(17(25)11-13-3-7-15(22)8-4-13)20(26)24(23-19)16-9-5-14(21)6-10-16/h3-10,12,18H,11H2,1-2H3/t18-/m1/s1. The zero-order chi connectivity index (χ0) is 18.8. The third kappa shape index (κ3) is 3.68. The Morgan fingerprint density at radius 1 is 1.15 bits per heavy atom. The van der Waals surface area contributed by atoms with E-state index in [4.69, 9.17) is 11.6 Å². The Labute approximate surface area is 156 Å². The first-order chi connectivity index (χ1) is 12.4. The Hall–Kier alpha value is -2.53. The van der Waals surface area contributed by atoms with Gasteiger partial charge in [0.05, 0.1) is 11.4 Å². The number of nitrogens with zero attached hydrogens (tertiary/aromatic N) is 2. The fourth-order valence-electron chi connectivity index (χ4n) is 2.90. The van der Waals surface area contributed by atoms with Gasteiger partial charge in [0.15, 0.2) is 5.78 Å². The lowest BCUT2D eigenvalue weighted by Gasteiger charge is -2.14. The largest absolute Gasteiger partial charge is 0.298 e. The van der Waals surface area contributed by atoms with E-state index in [1.54, 1.807) is 36.4 Å². The van der Waals surface area contributed by atoms with Crippen molar-refractivity contribution >= 4 is 34.7 Å². The predicted molar refractivity (Wildman–Crippen MR) is 99.8 cm³/mol. The summed E-state index contributed by atoms with van der Waals surface area (Å²) in [5, 5.41) is 6.22. The van der Waals surface area contributed by atoms with Gasteiger partial charge in [0.25, 0.3) is 5.91 Å². The van der Waals surface area contributed by atoms with Crippen LogP contribution in [0.3, 0.4) is 0 Å². The van der Waals surface area contributed by atoms with Gasteiger partial charge in [0.2, 0.25) is 0 Å². The van der Waals surface area contributed by atoms with Crippen LogP contribution in [-0.4, -0.2) is 17.4 Å². The molecule has 0 radical (unpaired) electrons. The molecule has 1 amide bonds. The quantitative estimate of drug-likeness (QED) is 0.736. The van der Waals surface area contributed by atoms with Crippen molar-refractivity contribution in [3.05, 3.63) is 64.9 Å². The van der Waals surface area contributed by atoms with Gasteiger partial charge in [-0.05, 0) is 47.9 Å². The van der Waals surface area contributed by atoms with Gasteiger partial charge in [0.1, 0.15) is 11.7 Å².